The number of H-pyrrole nitrogens is 2. The van der Waals surface area contributed by atoms with Gasteiger partial charge in [0.05, 0.1) is 47.9 Å². The molecule has 4 aromatic carbocycles. The number of aromatic amines is 2. The topological polar surface area (TPSA) is 147 Å². The normalized spacial score (nSPS) is 19.8. The number of nitrogens with one attached hydrogen (secondary N) is 3. The Labute approximate surface area is 343 Å². The van der Waals surface area contributed by atoms with Crippen LogP contribution in [0.15, 0.2) is 60.7 Å². The highest BCUT2D eigenvalue weighted by molar-refractivity contribution is 6.07. The van der Waals surface area contributed by atoms with Gasteiger partial charge in [-0.25, -0.2) is 14.8 Å². The fourth-order valence-electron chi connectivity index (χ4n) is 9.16. The van der Waals surface area contributed by atoms with Crippen molar-refractivity contribution in [1.82, 2.24) is 35.2 Å². The second kappa shape index (κ2) is 15.3. The van der Waals surface area contributed by atoms with Crippen LogP contribution in [0, 0.1) is 11.8 Å². The highest BCUT2D eigenvalue weighted by atomic mass is 16.6. The number of methoxy groups -OCH3 is 1. The maximum absolute atomic E-state index is 13.6. The Balaban J connectivity index is 0.981. The van der Waals surface area contributed by atoms with Crippen LogP contribution in [0.3, 0.4) is 0 Å². The Bertz CT molecular complexity index is 2570. The van der Waals surface area contributed by atoms with E-state index in [1.54, 1.807) is 19.1 Å². The van der Waals surface area contributed by atoms with E-state index in [0.29, 0.717) is 26.3 Å². The molecule has 0 saturated carbocycles. The van der Waals surface area contributed by atoms with Gasteiger partial charge in [0.2, 0.25) is 5.91 Å². The Morgan fingerprint density at radius 3 is 2.47 bits per heavy atom. The number of ether oxygens (including phenoxy) is 3. The molecule has 2 saturated heterocycles. The van der Waals surface area contributed by atoms with E-state index in [2.05, 4.69) is 70.0 Å². The smallest absolute Gasteiger partial charge is 0.410 e. The fourth-order valence-corrected chi connectivity index (χ4v) is 9.16. The number of aromatic nitrogens is 4. The molecule has 3 N–H and O–H groups in total. The predicted octanol–water partition coefficient (Wildman–Crippen LogP) is 8.60. The van der Waals surface area contributed by atoms with Gasteiger partial charge in [-0.3, -0.25) is 9.69 Å². The lowest BCUT2D eigenvalue weighted by atomic mass is 9.91. The van der Waals surface area contributed by atoms with Crippen molar-refractivity contribution in [3.05, 3.63) is 77.9 Å². The lowest BCUT2D eigenvalue weighted by molar-refractivity contribution is -0.139. The number of nitrogens with zero attached hydrogens (tertiary/aromatic N) is 4. The highest BCUT2D eigenvalue weighted by Crippen LogP contribution is 2.44. The number of rotatable bonds is 9. The average molecular weight is 800 g/mol. The summed E-state index contributed by atoms with van der Waals surface area (Å²) in [6.45, 7) is 11.9. The summed E-state index contributed by atoms with van der Waals surface area (Å²) in [5.74, 6) is 2.66. The number of carbonyl (C=O) groups excluding carboxylic acids is 2. The molecule has 0 unspecified atom stereocenters. The third kappa shape index (κ3) is 7.29. The summed E-state index contributed by atoms with van der Waals surface area (Å²) in [7, 11) is 3.24. The molecule has 2 fully saturated rings. The molecule has 0 radical (unpaired) electrons. The van der Waals surface area contributed by atoms with Crippen LogP contribution in [0.4, 0.5) is 4.79 Å². The summed E-state index contributed by atoms with van der Waals surface area (Å²) in [5, 5.41) is 2.04. The van der Waals surface area contributed by atoms with Crippen LogP contribution in [0.1, 0.15) is 83.2 Å². The van der Waals surface area contributed by atoms with Crippen molar-refractivity contribution in [3.8, 4) is 28.0 Å². The molecule has 9 rings (SSSR count). The number of imidazole rings is 2. The Kier molecular flexibility index (Phi) is 10.1. The third-order valence-corrected chi connectivity index (χ3v) is 12.0. The first-order valence-corrected chi connectivity index (χ1v) is 20.7. The van der Waals surface area contributed by atoms with Crippen LogP contribution in [0.2, 0.25) is 0 Å². The van der Waals surface area contributed by atoms with Crippen LogP contribution in [-0.4, -0.2) is 87.3 Å². The number of hydroxylamine groups is 1. The molecule has 4 atom stereocenters. The van der Waals surface area contributed by atoms with Gasteiger partial charge >= 0.3 is 6.09 Å². The zero-order valence-corrected chi connectivity index (χ0v) is 34.8. The second-order valence-corrected chi connectivity index (χ2v) is 17.6. The van der Waals surface area contributed by atoms with Gasteiger partial charge in [0.25, 0.3) is 0 Å². The first-order valence-electron chi connectivity index (χ1n) is 20.7. The summed E-state index contributed by atoms with van der Waals surface area (Å²) in [4.78, 5) is 53.0. The van der Waals surface area contributed by atoms with Crippen LogP contribution < -0.4 is 10.2 Å². The number of hydrogen-bond donors (Lipinski definition) is 3. The lowest BCUT2D eigenvalue weighted by Crippen LogP contribution is -2.48. The summed E-state index contributed by atoms with van der Waals surface area (Å²) in [6.07, 6.45) is 2.17. The van der Waals surface area contributed by atoms with Crippen LogP contribution in [0.25, 0.3) is 55.1 Å². The van der Waals surface area contributed by atoms with E-state index in [1.807, 2.05) is 45.6 Å². The Morgan fingerprint density at radius 2 is 1.69 bits per heavy atom. The number of benzene rings is 4. The van der Waals surface area contributed by atoms with Gasteiger partial charge in [-0.1, -0.05) is 38.1 Å². The molecule has 2 aromatic heterocycles. The minimum atomic E-state index is -0.605. The van der Waals surface area contributed by atoms with Crippen molar-refractivity contribution < 1.29 is 28.6 Å². The van der Waals surface area contributed by atoms with Gasteiger partial charge in [-0.05, 0) is 110 Å². The number of hydrogen-bond acceptors (Lipinski definition) is 9. The summed E-state index contributed by atoms with van der Waals surface area (Å²) in [6, 6.07) is 20.5. The molecule has 2 amide bonds. The highest BCUT2D eigenvalue weighted by Gasteiger charge is 2.40. The summed E-state index contributed by atoms with van der Waals surface area (Å²) in [5.41, 5.74) is 11.3. The first kappa shape index (κ1) is 39.0. The molecule has 0 bridgehead atoms. The SMILES string of the molecule is COC[C@H]1C[C@@H](c2nc3c(ccc4cc5c(cc43)OCc3cc(-c4ccc6nc([C@@H]7CCCN7C(=O)[C@@H](NOC)C(C)C)[nH]c6c4)ccc3-5)[nH]2)N(C(=O)OC(C)(C)C)C1. The van der Waals surface area contributed by atoms with Crippen molar-refractivity contribution >= 4 is 44.8 Å². The molecule has 0 spiro atoms. The standard InChI is InChI=1S/C46H53N7O6/c1-25(2)40(51-57-7)44(54)52-16-8-9-37(52)42-47-34-14-11-28(20-36(34)49-42)27-10-13-31-30(18-27)24-58-39-21-32-29(19-33(31)39)12-15-35-41(32)50-43(48-35)38-17-26(23-56-6)22-53(38)45(55)59-46(3,4)5/h10-15,18-21,25-26,37-38,40,51H,8-9,16-17,22-24H2,1-7H3,(H,47,49)(H,48,50)/t26-,37-,38-,40-/m0/s1. The summed E-state index contributed by atoms with van der Waals surface area (Å²) >= 11 is 0. The molecule has 3 aliphatic rings. The zero-order chi connectivity index (χ0) is 41.2. The zero-order valence-electron chi connectivity index (χ0n) is 34.8. The molecule has 308 valence electrons. The first-order chi connectivity index (χ1) is 28.4. The van der Waals surface area contributed by atoms with Gasteiger partial charge < -0.3 is 33.9 Å². The van der Waals surface area contributed by atoms with Crippen LogP contribution >= 0.6 is 0 Å². The van der Waals surface area contributed by atoms with E-state index < -0.39 is 11.6 Å². The second-order valence-electron chi connectivity index (χ2n) is 17.6. The average Bonchev–Trinajstić information content (AvgIpc) is 4.03. The Hall–Kier alpha value is -5.50. The number of likely N-dealkylation sites (tertiary alicyclic amines) is 2. The molecule has 13 nitrogen and oxygen atoms in total. The van der Waals surface area contributed by atoms with E-state index in [-0.39, 0.29) is 35.9 Å². The minimum absolute atomic E-state index is 0.0316. The van der Waals surface area contributed by atoms with Crippen LogP contribution in [-0.2, 0) is 25.7 Å². The molecule has 13 heteroatoms. The summed E-state index contributed by atoms with van der Waals surface area (Å²) < 4.78 is 17.7. The van der Waals surface area contributed by atoms with E-state index in [1.165, 1.54) is 0 Å². The number of amides is 2. The van der Waals surface area contributed by atoms with Crippen molar-refractivity contribution in [2.45, 2.75) is 84.2 Å². The molecule has 0 aliphatic carbocycles. The van der Waals surface area contributed by atoms with Crippen molar-refractivity contribution in [2.24, 2.45) is 11.8 Å². The van der Waals surface area contributed by atoms with Crippen LogP contribution in [0.5, 0.6) is 5.75 Å². The molecular formula is C46H53N7O6. The lowest BCUT2D eigenvalue weighted by Gasteiger charge is -2.29. The van der Waals surface area contributed by atoms with E-state index in [0.717, 1.165) is 97.3 Å². The van der Waals surface area contributed by atoms with Crippen molar-refractivity contribution in [1.29, 1.82) is 0 Å². The number of fused-ring (bicyclic) bond motifs is 7. The van der Waals surface area contributed by atoms with Gasteiger partial charge in [0.1, 0.15) is 35.6 Å². The maximum atomic E-state index is 13.6. The monoisotopic (exact) mass is 799 g/mol. The Morgan fingerprint density at radius 1 is 0.915 bits per heavy atom. The van der Waals surface area contributed by atoms with Crippen molar-refractivity contribution in [2.75, 3.05) is 33.9 Å². The molecule has 5 heterocycles. The number of carbonyl (C=O) groups is 2. The van der Waals surface area contributed by atoms with Gasteiger partial charge in [0.15, 0.2) is 0 Å². The largest absolute Gasteiger partial charge is 0.488 e. The minimum Gasteiger partial charge on any atom is -0.488 e. The van der Waals surface area contributed by atoms with Gasteiger partial charge in [0, 0.05) is 37.1 Å². The van der Waals surface area contributed by atoms with E-state index >= 15 is 0 Å². The molecule has 6 aromatic rings. The molecular weight excluding hydrogens is 747 g/mol. The van der Waals surface area contributed by atoms with E-state index in [4.69, 9.17) is 29.0 Å². The van der Waals surface area contributed by atoms with Gasteiger partial charge in [-0.2, -0.15) is 5.48 Å². The molecule has 59 heavy (non-hydrogen) atoms. The van der Waals surface area contributed by atoms with Gasteiger partial charge in [-0.15, -0.1) is 0 Å². The molecule has 3 aliphatic heterocycles. The third-order valence-electron chi connectivity index (χ3n) is 12.0. The maximum Gasteiger partial charge on any atom is 0.410 e. The fraction of sp³-hybridized carbons (Fsp3) is 0.435. The quantitative estimate of drug-likeness (QED) is 0.122. The van der Waals surface area contributed by atoms with E-state index in [9.17, 15) is 9.59 Å². The van der Waals surface area contributed by atoms with Crippen molar-refractivity contribution in [3.63, 3.8) is 0 Å². The predicted molar refractivity (Wildman–Crippen MR) is 227 cm³/mol.